The largest absolute Gasteiger partial charge is 0.487 e. The van der Waals surface area contributed by atoms with Crippen LogP contribution < -0.4 is 21.5 Å². The molecule has 222 valence electrons. The summed E-state index contributed by atoms with van der Waals surface area (Å²) in [6.45, 7) is 0.480. The maximum absolute atomic E-state index is 12.9. The van der Waals surface area contributed by atoms with Gasteiger partial charge in [0.15, 0.2) is 0 Å². The Balaban J connectivity index is 1.63. The van der Waals surface area contributed by atoms with Gasteiger partial charge in [0, 0.05) is 12.7 Å². The zero-order valence-electron chi connectivity index (χ0n) is 21.6. The molecule has 0 aliphatic carbocycles. The number of carbonyl (C=O) groups excluding carboxylic acids is 2. The van der Waals surface area contributed by atoms with Crippen molar-refractivity contribution in [1.82, 2.24) is 14.9 Å². The Labute approximate surface area is 237 Å². The van der Waals surface area contributed by atoms with Gasteiger partial charge in [-0.25, -0.2) is 24.4 Å². The van der Waals surface area contributed by atoms with Crippen LogP contribution in [0.1, 0.15) is 18.1 Å². The van der Waals surface area contributed by atoms with Crippen molar-refractivity contribution in [2.75, 3.05) is 26.3 Å². The number of primary sulfonamides is 1. The van der Waals surface area contributed by atoms with E-state index in [2.05, 4.69) is 4.98 Å². The van der Waals surface area contributed by atoms with Gasteiger partial charge < -0.3 is 25.1 Å². The molecule has 0 aliphatic rings. The SMILES string of the molecule is CCOC(=O)CN(Cc1ccc(C(F)(F)F)cc1)C(=O)CN(N)/C=C(\N)COc1ccc2nc(S(N)(=O)=O)sc2c1. The van der Waals surface area contributed by atoms with E-state index in [0.29, 0.717) is 21.5 Å². The predicted octanol–water partition coefficient (Wildman–Crippen LogP) is 1.91. The minimum Gasteiger partial charge on any atom is -0.487 e. The summed E-state index contributed by atoms with van der Waals surface area (Å²) in [4.78, 5) is 30.0. The molecule has 0 saturated carbocycles. The minimum absolute atomic E-state index is 0.0760. The topological polar surface area (TPSA) is 184 Å². The third-order valence-corrected chi connectivity index (χ3v) is 7.61. The molecule has 0 aliphatic heterocycles. The van der Waals surface area contributed by atoms with Crippen LogP contribution in [-0.4, -0.2) is 61.5 Å². The van der Waals surface area contributed by atoms with Gasteiger partial charge in [-0.2, -0.15) is 13.2 Å². The Kier molecular flexibility index (Phi) is 10.1. The summed E-state index contributed by atoms with van der Waals surface area (Å²) in [5.41, 5.74) is 6.01. The van der Waals surface area contributed by atoms with E-state index in [1.165, 1.54) is 18.3 Å². The number of esters is 1. The average Bonchev–Trinajstić information content (AvgIpc) is 3.31. The maximum atomic E-state index is 12.9. The molecule has 0 unspecified atom stereocenters. The van der Waals surface area contributed by atoms with Crippen molar-refractivity contribution in [2.45, 2.75) is 24.0 Å². The lowest BCUT2D eigenvalue weighted by Gasteiger charge is -2.24. The van der Waals surface area contributed by atoms with E-state index < -0.39 is 46.7 Å². The molecule has 1 aromatic heterocycles. The fourth-order valence-corrected chi connectivity index (χ4v) is 5.11. The van der Waals surface area contributed by atoms with Crippen LogP contribution in [0, 0.1) is 0 Å². The number of hydrogen-bond donors (Lipinski definition) is 3. The number of carbonyl (C=O) groups is 2. The van der Waals surface area contributed by atoms with Gasteiger partial charge in [-0.05, 0) is 42.8 Å². The molecule has 1 heterocycles. The van der Waals surface area contributed by atoms with Crippen molar-refractivity contribution in [2.24, 2.45) is 16.7 Å². The van der Waals surface area contributed by atoms with Gasteiger partial charge in [0.1, 0.15) is 25.4 Å². The number of nitrogens with zero attached hydrogens (tertiary/aromatic N) is 3. The minimum atomic E-state index is -4.51. The van der Waals surface area contributed by atoms with E-state index in [1.54, 1.807) is 25.1 Å². The van der Waals surface area contributed by atoms with Crippen molar-refractivity contribution in [3.05, 3.63) is 65.5 Å². The van der Waals surface area contributed by atoms with Gasteiger partial charge in [-0.1, -0.05) is 12.1 Å². The molecule has 0 radical (unpaired) electrons. The number of aromatic nitrogens is 1. The predicted molar refractivity (Wildman–Crippen MR) is 143 cm³/mol. The second kappa shape index (κ2) is 13.2. The quantitative estimate of drug-likeness (QED) is 0.154. The molecule has 17 heteroatoms. The number of rotatable bonds is 12. The molecule has 0 saturated heterocycles. The first kappa shape index (κ1) is 31.6. The lowest BCUT2D eigenvalue weighted by molar-refractivity contribution is -0.149. The van der Waals surface area contributed by atoms with E-state index in [0.717, 1.165) is 33.4 Å². The number of fused-ring (bicyclic) bond motifs is 1. The van der Waals surface area contributed by atoms with Gasteiger partial charge in [-0.15, -0.1) is 11.3 Å². The summed E-state index contributed by atoms with van der Waals surface area (Å²) in [7, 11) is -3.95. The van der Waals surface area contributed by atoms with E-state index in [-0.39, 0.29) is 29.8 Å². The molecule has 1 amide bonds. The zero-order chi connectivity index (χ0) is 30.4. The molecule has 0 atom stereocenters. The second-order valence-electron chi connectivity index (χ2n) is 8.57. The van der Waals surface area contributed by atoms with Crippen molar-refractivity contribution >= 4 is 43.5 Å². The van der Waals surface area contributed by atoms with Crippen LogP contribution in [0.5, 0.6) is 5.75 Å². The van der Waals surface area contributed by atoms with Crippen LogP contribution in [0.25, 0.3) is 10.2 Å². The Morgan fingerprint density at radius 3 is 2.41 bits per heavy atom. The molecular formula is C24H27F3N6O6S2. The molecule has 3 rings (SSSR count). The number of benzene rings is 2. The van der Waals surface area contributed by atoms with Crippen LogP contribution in [-0.2, 0) is 37.1 Å². The Hall–Kier alpha value is -3.93. The van der Waals surface area contributed by atoms with Crippen molar-refractivity contribution in [1.29, 1.82) is 0 Å². The molecule has 2 aromatic carbocycles. The molecule has 41 heavy (non-hydrogen) atoms. The number of hydrogen-bond acceptors (Lipinski definition) is 11. The van der Waals surface area contributed by atoms with Crippen LogP contribution in [0.2, 0.25) is 0 Å². The highest BCUT2D eigenvalue weighted by Gasteiger charge is 2.30. The smallest absolute Gasteiger partial charge is 0.416 e. The van der Waals surface area contributed by atoms with Gasteiger partial charge in [0.25, 0.3) is 10.0 Å². The lowest BCUT2D eigenvalue weighted by Crippen LogP contribution is -2.43. The average molecular weight is 617 g/mol. The van der Waals surface area contributed by atoms with Gasteiger partial charge >= 0.3 is 12.1 Å². The van der Waals surface area contributed by atoms with Crippen LogP contribution in [0.15, 0.2) is 58.7 Å². The third kappa shape index (κ3) is 9.31. The normalized spacial score (nSPS) is 12.3. The van der Waals surface area contributed by atoms with E-state index in [9.17, 15) is 31.2 Å². The van der Waals surface area contributed by atoms with Crippen LogP contribution in [0.4, 0.5) is 13.2 Å². The molecule has 0 fully saturated rings. The Morgan fingerprint density at radius 1 is 1.12 bits per heavy atom. The highest BCUT2D eigenvalue weighted by Crippen LogP contribution is 2.30. The lowest BCUT2D eigenvalue weighted by atomic mass is 10.1. The van der Waals surface area contributed by atoms with Crippen molar-refractivity contribution in [3.8, 4) is 5.75 Å². The first-order valence-electron chi connectivity index (χ1n) is 11.8. The van der Waals surface area contributed by atoms with Crippen LogP contribution >= 0.6 is 11.3 Å². The molecular weight excluding hydrogens is 589 g/mol. The summed E-state index contributed by atoms with van der Waals surface area (Å²) in [6.07, 6.45) is -3.27. The van der Waals surface area contributed by atoms with E-state index >= 15 is 0 Å². The fraction of sp³-hybridized carbons (Fsp3) is 0.292. The number of thiazole rings is 1. The number of hydrazine groups is 1. The first-order valence-corrected chi connectivity index (χ1v) is 14.1. The molecule has 6 N–H and O–H groups in total. The number of alkyl halides is 3. The second-order valence-corrected chi connectivity index (χ2v) is 11.3. The zero-order valence-corrected chi connectivity index (χ0v) is 23.3. The number of ether oxygens (including phenoxy) is 2. The van der Waals surface area contributed by atoms with Crippen molar-refractivity contribution < 1.29 is 40.7 Å². The summed E-state index contributed by atoms with van der Waals surface area (Å²) in [5.74, 6) is 4.95. The molecule has 3 aromatic rings. The fourth-order valence-electron chi connectivity index (χ4n) is 3.43. The number of sulfonamides is 1. The van der Waals surface area contributed by atoms with Gasteiger partial charge in [0.2, 0.25) is 10.2 Å². The standard InChI is InChI=1S/C24H27F3N6O6S2/c1-2-38-22(35)13-32(10-15-3-5-16(6-4-15)24(25,26)27)21(34)12-33(29)11-17(28)14-39-18-7-8-19-20(9-18)40-23(31-19)41(30,36)37/h3-9,11H,2,10,12-14,28-29H2,1H3,(H2,30,36,37)/b17-11-. The Bertz CT molecular complexity index is 1530. The summed E-state index contributed by atoms with van der Waals surface area (Å²) in [5, 5.41) is 6.08. The third-order valence-electron chi connectivity index (χ3n) is 5.27. The molecule has 0 spiro atoms. The van der Waals surface area contributed by atoms with E-state index in [4.69, 9.17) is 26.2 Å². The summed E-state index contributed by atoms with van der Waals surface area (Å²) in [6, 6.07) is 8.86. The van der Waals surface area contributed by atoms with Gasteiger partial charge in [-0.3, -0.25) is 9.59 Å². The molecule has 12 nitrogen and oxygen atoms in total. The van der Waals surface area contributed by atoms with Crippen molar-refractivity contribution in [3.63, 3.8) is 0 Å². The highest BCUT2D eigenvalue weighted by molar-refractivity contribution is 7.91. The number of nitrogens with two attached hydrogens (primary N) is 3. The highest BCUT2D eigenvalue weighted by atomic mass is 32.2. The Morgan fingerprint density at radius 2 is 1.80 bits per heavy atom. The first-order chi connectivity index (χ1) is 19.2. The maximum Gasteiger partial charge on any atom is 0.416 e. The summed E-state index contributed by atoms with van der Waals surface area (Å²) >= 11 is 0.879. The van der Waals surface area contributed by atoms with Crippen LogP contribution in [0.3, 0.4) is 0 Å². The monoisotopic (exact) mass is 616 g/mol. The summed E-state index contributed by atoms with van der Waals surface area (Å²) < 4.78 is 72.4. The van der Waals surface area contributed by atoms with Gasteiger partial charge in [0.05, 0.1) is 28.1 Å². The van der Waals surface area contributed by atoms with E-state index in [1.807, 2.05) is 0 Å². The number of halogens is 3. The molecule has 0 bridgehead atoms. The number of amides is 1.